The van der Waals surface area contributed by atoms with Crippen LogP contribution in [0.2, 0.25) is 0 Å². The standard InChI is InChI=1S/C15H23N3O/c1-5-15(2,3)18(4)14(19)13-10-16-11-8-6-7-9-12(11)17-13/h6-9,13,16-17H,5,10H2,1-4H3. The predicted octanol–water partition coefficient (Wildman–Crippen LogP) is 2.54. The van der Waals surface area contributed by atoms with Crippen LogP contribution in [0.25, 0.3) is 0 Å². The van der Waals surface area contributed by atoms with E-state index in [1.807, 2.05) is 36.2 Å². The summed E-state index contributed by atoms with van der Waals surface area (Å²) in [6, 6.07) is 7.77. The molecule has 0 saturated heterocycles. The van der Waals surface area contributed by atoms with Crippen molar-refractivity contribution < 1.29 is 4.79 Å². The van der Waals surface area contributed by atoms with E-state index in [-0.39, 0.29) is 17.5 Å². The molecule has 1 amide bonds. The summed E-state index contributed by atoms with van der Waals surface area (Å²) in [4.78, 5) is 14.4. The van der Waals surface area contributed by atoms with Gasteiger partial charge in [0.25, 0.3) is 0 Å². The molecule has 2 rings (SSSR count). The van der Waals surface area contributed by atoms with Gasteiger partial charge in [0.2, 0.25) is 5.91 Å². The van der Waals surface area contributed by atoms with Crippen LogP contribution >= 0.6 is 0 Å². The van der Waals surface area contributed by atoms with Crippen LogP contribution < -0.4 is 10.6 Å². The minimum atomic E-state index is -0.203. The maximum atomic E-state index is 12.5. The van der Waals surface area contributed by atoms with E-state index in [0.717, 1.165) is 17.8 Å². The molecule has 1 aliphatic rings. The van der Waals surface area contributed by atoms with Gasteiger partial charge < -0.3 is 15.5 Å². The Hall–Kier alpha value is -1.71. The lowest BCUT2D eigenvalue weighted by atomic mass is 9.98. The van der Waals surface area contributed by atoms with Gasteiger partial charge in [-0.3, -0.25) is 4.79 Å². The van der Waals surface area contributed by atoms with Crippen molar-refractivity contribution in [2.24, 2.45) is 0 Å². The molecule has 0 aliphatic carbocycles. The van der Waals surface area contributed by atoms with Crippen LogP contribution in [-0.4, -0.2) is 36.0 Å². The lowest BCUT2D eigenvalue weighted by molar-refractivity contribution is -0.135. The number of nitrogens with zero attached hydrogens (tertiary/aromatic N) is 1. The van der Waals surface area contributed by atoms with Crippen LogP contribution in [0.1, 0.15) is 27.2 Å². The highest BCUT2D eigenvalue weighted by molar-refractivity contribution is 5.89. The molecule has 0 spiro atoms. The fraction of sp³-hybridized carbons (Fsp3) is 0.533. The number of hydrogen-bond acceptors (Lipinski definition) is 3. The quantitative estimate of drug-likeness (QED) is 0.879. The van der Waals surface area contributed by atoms with Gasteiger partial charge in [-0.1, -0.05) is 19.1 Å². The summed E-state index contributed by atoms with van der Waals surface area (Å²) in [6.45, 7) is 6.91. The molecule has 4 nitrogen and oxygen atoms in total. The van der Waals surface area contributed by atoms with Crippen molar-refractivity contribution in [3.8, 4) is 0 Å². The molecule has 1 aromatic carbocycles. The number of benzene rings is 1. The van der Waals surface area contributed by atoms with Crippen molar-refractivity contribution in [2.75, 3.05) is 24.2 Å². The van der Waals surface area contributed by atoms with Gasteiger partial charge >= 0.3 is 0 Å². The largest absolute Gasteiger partial charge is 0.381 e. The molecule has 1 aromatic rings. The van der Waals surface area contributed by atoms with Crippen LogP contribution in [0.5, 0.6) is 0 Å². The number of rotatable bonds is 3. The van der Waals surface area contributed by atoms with Crippen molar-refractivity contribution in [1.29, 1.82) is 0 Å². The molecule has 1 atom stereocenters. The van der Waals surface area contributed by atoms with Crippen molar-refractivity contribution in [3.63, 3.8) is 0 Å². The summed E-state index contributed by atoms with van der Waals surface area (Å²) < 4.78 is 0. The topological polar surface area (TPSA) is 44.4 Å². The second-order valence-corrected chi connectivity index (χ2v) is 5.69. The molecule has 1 aliphatic heterocycles. The van der Waals surface area contributed by atoms with Crippen molar-refractivity contribution in [3.05, 3.63) is 24.3 Å². The minimum absolute atomic E-state index is 0.115. The maximum Gasteiger partial charge on any atom is 0.247 e. The smallest absolute Gasteiger partial charge is 0.247 e. The summed E-state index contributed by atoms with van der Waals surface area (Å²) >= 11 is 0. The van der Waals surface area contributed by atoms with Crippen LogP contribution in [0, 0.1) is 0 Å². The summed E-state index contributed by atoms with van der Waals surface area (Å²) in [5.41, 5.74) is 1.94. The molecular weight excluding hydrogens is 238 g/mol. The van der Waals surface area contributed by atoms with E-state index >= 15 is 0 Å². The Kier molecular flexibility index (Phi) is 3.69. The number of amides is 1. The Morgan fingerprint density at radius 1 is 1.37 bits per heavy atom. The molecule has 0 radical (unpaired) electrons. The van der Waals surface area contributed by atoms with Crippen molar-refractivity contribution >= 4 is 17.3 Å². The van der Waals surface area contributed by atoms with Gasteiger partial charge in [-0.15, -0.1) is 0 Å². The molecule has 1 heterocycles. The molecule has 19 heavy (non-hydrogen) atoms. The number of carbonyl (C=O) groups is 1. The monoisotopic (exact) mass is 261 g/mol. The average molecular weight is 261 g/mol. The molecule has 0 bridgehead atoms. The molecule has 104 valence electrons. The maximum absolute atomic E-state index is 12.5. The molecule has 2 N–H and O–H groups in total. The highest BCUT2D eigenvalue weighted by atomic mass is 16.2. The normalized spacial score (nSPS) is 18.0. The van der Waals surface area contributed by atoms with Crippen molar-refractivity contribution in [2.45, 2.75) is 38.8 Å². The molecular formula is C15H23N3O. The first-order valence-electron chi connectivity index (χ1n) is 6.83. The summed E-state index contributed by atoms with van der Waals surface area (Å²) in [5, 5.41) is 6.63. The van der Waals surface area contributed by atoms with E-state index in [0.29, 0.717) is 6.54 Å². The fourth-order valence-electron chi connectivity index (χ4n) is 2.13. The third kappa shape index (κ3) is 2.67. The first kappa shape index (κ1) is 13.7. The number of fused-ring (bicyclic) bond motifs is 1. The van der Waals surface area contributed by atoms with Crippen LogP contribution in [0.15, 0.2) is 24.3 Å². The van der Waals surface area contributed by atoms with E-state index in [1.165, 1.54) is 0 Å². The van der Waals surface area contributed by atoms with Gasteiger partial charge in [0.15, 0.2) is 0 Å². The summed E-state index contributed by atoms with van der Waals surface area (Å²) in [7, 11) is 1.88. The second kappa shape index (κ2) is 5.11. The number of likely N-dealkylation sites (N-methyl/N-ethyl adjacent to an activating group) is 1. The average Bonchev–Trinajstić information content (AvgIpc) is 2.45. The van der Waals surface area contributed by atoms with E-state index in [9.17, 15) is 4.79 Å². The second-order valence-electron chi connectivity index (χ2n) is 5.69. The Balaban J connectivity index is 2.11. The number of anilines is 2. The third-order valence-electron chi connectivity index (χ3n) is 4.16. The van der Waals surface area contributed by atoms with E-state index in [4.69, 9.17) is 0 Å². The van der Waals surface area contributed by atoms with Crippen LogP contribution in [0.4, 0.5) is 11.4 Å². The van der Waals surface area contributed by atoms with E-state index < -0.39 is 0 Å². The van der Waals surface area contributed by atoms with E-state index in [1.54, 1.807) is 0 Å². The van der Waals surface area contributed by atoms with Gasteiger partial charge in [-0.05, 0) is 32.4 Å². The molecule has 4 heteroatoms. The minimum Gasteiger partial charge on any atom is -0.381 e. The fourth-order valence-corrected chi connectivity index (χ4v) is 2.13. The SMILES string of the molecule is CCC(C)(C)N(C)C(=O)C1CNc2ccccc2N1. The zero-order valence-corrected chi connectivity index (χ0v) is 12.2. The molecule has 1 unspecified atom stereocenters. The van der Waals surface area contributed by atoms with Gasteiger partial charge in [0.05, 0.1) is 11.4 Å². The number of nitrogens with one attached hydrogen (secondary N) is 2. The number of hydrogen-bond donors (Lipinski definition) is 2. The molecule has 0 fully saturated rings. The summed E-state index contributed by atoms with van der Waals surface area (Å²) in [5.74, 6) is 0.133. The van der Waals surface area contributed by atoms with Gasteiger partial charge in [0.1, 0.15) is 6.04 Å². The Bertz CT molecular complexity index is 470. The zero-order valence-electron chi connectivity index (χ0n) is 12.2. The first-order chi connectivity index (χ1) is 8.95. The predicted molar refractivity (Wildman–Crippen MR) is 79.5 cm³/mol. The highest BCUT2D eigenvalue weighted by Crippen LogP contribution is 2.26. The molecule has 0 aromatic heterocycles. The number of para-hydroxylation sites is 2. The van der Waals surface area contributed by atoms with E-state index in [2.05, 4.69) is 31.4 Å². The summed E-state index contributed by atoms with van der Waals surface area (Å²) in [6.07, 6.45) is 0.936. The van der Waals surface area contributed by atoms with Crippen LogP contribution in [-0.2, 0) is 4.79 Å². The Labute approximate surface area is 115 Å². The van der Waals surface area contributed by atoms with Gasteiger partial charge in [0, 0.05) is 19.1 Å². The first-order valence-corrected chi connectivity index (χ1v) is 6.83. The van der Waals surface area contributed by atoms with Gasteiger partial charge in [-0.25, -0.2) is 0 Å². The van der Waals surface area contributed by atoms with Crippen molar-refractivity contribution in [1.82, 2.24) is 4.90 Å². The third-order valence-corrected chi connectivity index (χ3v) is 4.16. The lowest BCUT2D eigenvalue weighted by Crippen LogP contribution is -2.53. The lowest BCUT2D eigenvalue weighted by Gasteiger charge is -2.38. The highest BCUT2D eigenvalue weighted by Gasteiger charge is 2.32. The van der Waals surface area contributed by atoms with Gasteiger partial charge in [-0.2, -0.15) is 0 Å². The number of carbonyl (C=O) groups excluding carboxylic acids is 1. The zero-order chi connectivity index (χ0) is 14.0. The Morgan fingerprint density at radius 2 is 2.00 bits per heavy atom. The molecule has 0 saturated carbocycles. The van der Waals surface area contributed by atoms with Crippen LogP contribution in [0.3, 0.4) is 0 Å². The Morgan fingerprint density at radius 3 is 2.63 bits per heavy atom.